The molecule has 0 saturated heterocycles. The second kappa shape index (κ2) is 12.8. The van der Waals surface area contributed by atoms with E-state index in [1.54, 1.807) is 36.3 Å². The summed E-state index contributed by atoms with van der Waals surface area (Å²) in [5.41, 5.74) is 2.10. The third kappa shape index (κ3) is 6.50. The van der Waals surface area contributed by atoms with Gasteiger partial charge in [0.05, 0.1) is 34.7 Å². The van der Waals surface area contributed by atoms with Crippen LogP contribution in [0, 0.1) is 11.6 Å². The van der Waals surface area contributed by atoms with Crippen molar-refractivity contribution in [3.05, 3.63) is 113 Å². The molecule has 3 aromatic heterocycles. The van der Waals surface area contributed by atoms with Crippen LogP contribution in [0.4, 0.5) is 8.78 Å². The topological polar surface area (TPSA) is 145 Å². The van der Waals surface area contributed by atoms with Gasteiger partial charge in [-0.2, -0.15) is 10.2 Å². The number of aromatic nitrogens is 6. The number of aryl methyl sites for hydroxylation is 3. The number of ether oxygens (including phenoxy) is 1. The van der Waals surface area contributed by atoms with Crippen molar-refractivity contribution in [1.82, 2.24) is 29.5 Å². The first-order chi connectivity index (χ1) is 23.9. The number of fused-ring (bicyclic) bond motifs is 10. The predicted molar refractivity (Wildman–Crippen MR) is 182 cm³/mol. The minimum Gasteiger partial charge on any atom is -0.481 e. The molecule has 1 aliphatic rings. The summed E-state index contributed by atoms with van der Waals surface area (Å²) >= 11 is 0. The molecule has 0 aliphatic carbocycles. The Bertz CT molecular complexity index is 2370. The van der Waals surface area contributed by atoms with Crippen LogP contribution in [0.5, 0.6) is 11.5 Å². The van der Waals surface area contributed by atoms with E-state index in [9.17, 15) is 18.3 Å². The zero-order valence-corrected chi connectivity index (χ0v) is 28.2. The molecule has 0 radical (unpaired) electrons. The number of sulfone groups is 1. The number of hydrogen-bond donors (Lipinski definition) is 2. The number of nitrogens with zero attached hydrogens (tertiary/aromatic N) is 5. The van der Waals surface area contributed by atoms with Crippen LogP contribution in [0.15, 0.2) is 73.1 Å². The van der Waals surface area contributed by atoms with Crippen molar-refractivity contribution in [3.63, 3.8) is 0 Å². The third-order valence-corrected chi connectivity index (χ3v) is 10.9. The van der Waals surface area contributed by atoms with E-state index in [4.69, 9.17) is 9.72 Å². The maximum atomic E-state index is 15.7. The molecule has 50 heavy (non-hydrogen) atoms. The van der Waals surface area contributed by atoms with Gasteiger partial charge in [0.25, 0.3) is 0 Å². The average molecular weight is 701 g/mol. The van der Waals surface area contributed by atoms with Crippen LogP contribution in [-0.2, 0) is 46.5 Å². The molecule has 6 aromatic rings. The fourth-order valence-electron chi connectivity index (χ4n) is 6.42. The lowest BCUT2D eigenvalue weighted by atomic mass is 9.78. The minimum atomic E-state index is -3.63. The molecule has 0 amide bonds. The number of carboxylic acids is 1. The number of carboxylic acid groups (broad SMARTS) is 1. The van der Waals surface area contributed by atoms with Gasteiger partial charge in [-0.05, 0) is 61.2 Å². The first-order valence-corrected chi connectivity index (χ1v) is 17.9. The zero-order chi connectivity index (χ0) is 35.2. The highest BCUT2D eigenvalue weighted by molar-refractivity contribution is 7.91. The number of nitrogens with one attached hydrogen (secondary N) is 1. The van der Waals surface area contributed by atoms with E-state index in [-0.39, 0.29) is 72.4 Å². The Hall–Kier alpha value is -5.37. The number of rotatable bonds is 4. The van der Waals surface area contributed by atoms with Crippen LogP contribution in [0.2, 0.25) is 0 Å². The molecule has 1 unspecified atom stereocenters. The third-order valence-electron chi connectivity index (χ3n) is 9.31. The molecular formula is C36H34F2N6O5S. The Morgan fingerprint density at radius 2 is 1.90 bits per heavy atom. The van der Waals surface area contributed by atoms with Crippen molar-refractivity contribution in [2.75, 3.05) is 11.5 Å². The molecule has 258 valence electrons. The first kappa shape index (κ1) is 33.1. The van der Waals surface area contributed by atoms with Gasteiger partial charge in [0.1, 0.15) is 11.6 Å². The summed E-state index contributed by atoms with van der Waals surface area (Å²) < 4.78 is 67.5. The van der Waals surface area contributed by atoms with E-state index in [0.717, 1.165) is 10.9 Å². The van der Waals surface area contributed by atoms with Crippen molar-refractivity contribution in [3.8, 4) is 22.9 Å². The Morgan fingerprint density at radius 1 is 1.06 bits per heavy atom. The Morgan fingerprint density at radius 3 is 2.72 bits per heavy atom. The van der Waals surface area contributed by atoms with Crippen molar-refractivity contribution in [2.45, 2.75) is 44.6 Å². The molecule has 4 heterocycles. The maximum Gasteiger partial charge on any atom is 0.303 e. The number of aromatic amines is 1. The van der Waals surface area contributed by atoms with Gasteiger partial charge in [0, 0.05) is 54.8 Å². The first-order valence-electron chi connectivity index (χ1n) is 16.1. The lowest BCUT2D eigenvalue weighted by molar-refractivity contribution is -0.136. The van der Waals surface area contributed by atoms with Crippen molar-refractivity contribution in [2.24, 2.45) is 7.05 Å². The van der Waals surface area contributed by atoms with Crippen LogP contribution in [0.25, 0.3) is 22.3 Å². The quantitative estimate of drug-likeness (QED) is 0.229. The molecule has 6 bridgehead atoms. The monoisotopic (exact) mass is 700 g/mol. The summed E-state index contributed by atoms with van der Waals surface area (Å²) in [6.07, 6.45) is 3.88. The van der Waals surface area contributed by atoms with Gasteiger partial charge in [0.15, 0.2) is 33.1 Å². The van der Waals surface area contributed by atoms with Gasteiger partial charge in [0.2, 0.25) is 0 Å². The molecule has 0 spiro atoms. The molecule has 3 aromatic carbocycles. The Labute approximate surface area is 286 Å². The summed E-state index contributed by atoms with van der Waals surface area (Å²) in [5.74, 6) is -2.02. The van der Waals surface area contributed by atoms with E-state index in [2.05, 4.69) is 15.2 Å². The van der Waals surface area contributed by atoms with Crippen LogP contribution in [-0.4, -0.2) is 60.5 Å². The number of halogens is 2. The van der Waals surface area contributed by atoms with Crippen molar-refractivity contribution >= 4 is 26.7 Å². The molecule has 2 N–H and O–H groups in total. The normalized spacial score (nSPS) is 17.7. The SMILES string of the molecule is Cn1nc2nc1-c1cc(ccc1F)Oc1c(F)cc3[nH]ccc3c1Cc1ccn(n1)CCS(=O)(=O)CCC2(C)c1cccc(CCC(=O)O)c1. The average Bonchev–Trinajstić information content (AvgIpc) is 3.84. The number of H-pyrrole nitrogens is 1. The Balaban J connectivity index is 1.38. The smallest absolute Gasteiger partial charge is 0.303 e. The van der Waals surface area contributed by atoms with Gasteiger partial charge >= 0.3 is 5.97 Å². The summed E-state index contributed by atoms with van der Waals surface area (Å²) in [6.45, 7) is 1.93. The fourth-order valence-corrected chi connectivity index (χ4v) is 7.81. The molecule has 7 rings (SSSR count). The van der Waals surface area contributed by atoms with Crippen LogP contribution >= 0.6 is 0 Å². The highest BCUT2D eigenvalue weighted by Crippen LogP contribution is 2.39. The van der Waals surface area contributed by atoms with Crippen LogP contribution in [0.1, 0.15) is 48.0 Å². The van der Waals surface area contributed by atoms with E-state index < -0.39 is 32.9 Å². The molecule has 1 atom stereocenters. The van der Waals surface area contributed by atoms with E-state index >= 15 is 8.78 Å². The Kier molecular flexibility index (Phi) is 8.50. The van der Waals surface area contributed by atoms with E-state index in [0.29, 0.717) is 22.3 Å². The number of carbonyl (C=O) groups is 1. The van der Waals surface area contributed by atoms with Gasteiger partial charge < -0.3 is 14.8 Å². The number of hydrogen-bond acceptors (Lipinski definition) is 7. The van der Waals surface area contributed by atoms with E-state index in [1.165, 1.54) is 28.9 Å². The largest absolute Gasteiger partial charge is 0.481 e. The van der Waals surface area contributed by atoms with Crippen LogP contribution in [0.3, 0.4) is 0 Å². The lowest BCUT2D eigenvalue weighted by Crippen LogP contribution is -2.30. The van der Waals surface area contributed by atoms with Crippen molar-refractivity contribution in [1.29, 1.82) is 0 Å². The van der Waals surface area contributed by atoms with Crippen molar-refractivity contribution < 1.29 is 31.8 Å². The fraction of sp³-hybridized carbons (Fsp3) is 0.278. The van der Waals surface area contributed by atoms with Gasteiger partial charge in [-0.1, -0.05) is 24.3 Å². The van der Waals surface area contributed by atoms with E-state index in [1.807, 2.05) is 31.2 Å². The number of benzene rings is 3. The summed E-state index contributed by atoms with van der Waals surface area (Å²) in [6, 6.07) is 16.2. The zero-order valence-electron chi connectivity index (χ0n) is 27.4. The molecule has 11 nitrogen and oxygen atoms in total. The molecule has 0 fully saturated rings. The second-order valence-electron chi connectivity index (χ2n) is 12.8. The van der Waals surface area contributed by atoms with Gasteiger partial charge in [-0.25, -0.2) is 26.9 Å². The number of aliphatic carboxylic acids is 1. The second-order valence-corrected chi connectivity index (χ2v) is 15.1. The maximum absolute atomic E-state index is 15.7. The molecule has 1 aliphatic heterocycles. The summed E-state index contributed by atoms with van der Waals surface area (Å²) in [7, 11) is -2.02. The molecule has 0 saturated carbocycles. The minimum absolute atomic E-state index is 0.0429. The highest BCUT2D eigenvalue weighted by Gasteiger charge is 2.36. The summed E-state index contributed by atoms with van der Waals surface area (Å²) in [5, 5.41) is 19.2. The predicted octanol–water partition coefficient (Wildman–Crippen LogP) is 5.96. The highest BCUT2D eigenvalue weighted by atomic mass is 32.2. The standard InChI is InChI=1S/C36H34F2N6O5S/c1-36(23-5-3-4-22(18-23)6-9-32(45)46)12-16-50(47,48)17-15-44-14-11-24(41-44)19-27-26-10-13-39-31(26)21-30(38)33(27)49-25-7-8-29(37)28(20-25)34-40-35(36)42-43(34)2/h3-5,7-8,10-11,13-14,18,20-21,39H,6,9,12,15-17,19H2,1-2H3,(H,45,46). The molecular weight excluding hydrogens is 666 g/mol. The lowest BCUT2D eigenvalue weighted by Gasteiger charge is -2.28. The summed E-state index contributed by atoms with van der Waals surface area (Å²) in [4.78, 5) is 19.1. The van der Waals surface area contributed by atoms with Gasteiger partial charge in [-0.3, -0.25) is 9.48 Å². The van der Waals surface area contributed by atoms with Crippen LogP contribution < -0.4 is 4.74 Å². The van der Waals surface area contributed by atoms with Gasteiger partial charge in [-0.15, -0.1) is 0 Å². The molecule has 14 heteroatoms.